The molecule has 1 N–H and O–H groups in total. The summed E-state index contributed by atoms with van der Waals surface area (Å²) >= 11 is 0. The average molecular weight is 411 g/mol. The number of halogens is 3. The molecular formula is C19H24F3N5O2. The van der Waals surface area contributed by atoms with Gasteiger partial charge in [0.15, 0.2) is 5.69 Å². The van der Waals surface area contributed by atoms with E-state index in [9.17, 15) is 18.0 Å². The number of carbonyl (C=O) groups excluding carboxylic acids is 1. The van der Waals surface area contributed by atoms with Gasteiger partial charge in [-0.25, -0.2) is 4.68 Å². The minimum atomic E-state index is -4.32. The van der Waals surface area contributed by atoms with Crippen LogP contribution >= 0.6 is 0 Å². The molecule has 0 unspecified atom stereocenters. The molecule has 1 amide bonds. The highest BCUT2D eigenvalue weighted by atomic mass is 19.4. The van der Waals surface area contributed by atoms with Crippen molar-refractivity contribution in [3.63, 3.8) is 0 Å². The molecule has 7 nitrogen and oxygen atoms in total. The van der Waals surface area contributed by atoms with Gasteiger partial charge in [-0.2, -0.15) is 13.2 Å². The van der Waals surface area contributed by atoms with E-state index in [2.05, 4.69) is 15.2 Å². The van der Waals surface area contributed by atoms with Crippen LogP contribution in [0.25, 0.3) is 0 Å². The second kappa shape index (κ2) is 8.91. The number of piperidine rings is 1. The Morgan fingerprint density at radius 2 is 1.90 bits per heavy atom. The SMILES string of the molecule is CN(CCO)C(=O)c1cn(C2CCN(Cc3ccc(C(F)(F)F)cc3)CC2)nn1. The summed E-state index contributed by atoms with van der Waals surface area (Å²) in [7, 11) is 1.59. The smallest absolute Gasteiger partial charge is 0.395 e. The summed E-state index contributed by atoms with van der Waals surface area (Å²) < 4.78 is 39.7. The second-order valence-corrected chi connectivity index (χ2v) is 7.24. The standard InChI is InChI=1S/C19H24F3N5O2/c1-25(10-11-28)18(29)17-13-27(24-23-17)16-6-8-26(9-7-16)12-14-2-4-15(5-3-14)19(20,21)22/h2-5,13,16,28H,6-12H2,1H3. The van der Waals surface area contributed by atoms with Crippen LogP contribution < -0.4 is 0 Å². The quantitative estimate of drug-likeness (QED) is 0.789. The molecule has 1 aliphatic heterocycles. The zero-order valence-corrected chi connectivity index (χ0v) is 16.1. The molecule has 0 spiro atoms. The first kappa shape index (κ1) is 21.3. The van der Waals surface area contributed by atoms with E-state index < -0.39 is 11.7 Å². The molecule has 2 aromatic rings. The summed E-state index contributed by atoms with van der Waals surface area (Å²) in [6.45, 7) is 2.26. The minimum absolute atomic E-state index is 0.117. The van der Waals surface area contributed by atoms with Crippen LogP contribution in [0.15, 0.2) is 30.5 Å². The molecule has 10 heteroatoms. The van der Waals surface area contributed by atoms with E-state index >= 15 is 0 Å². The molecule has 1 saturated heterocycles. The van der Waals surface area contributed by atoms with Crippen molar-refractivity contribution < 1.29 is 23.1 Å². The van der Waals surface area contributed by atoms with Crippen molar-refractivity contribution in [2.75, 3.05) is 33.3 Å². The Morgan fingerprint density at radius 1 is 1.24 bits per heavy atom. The molecule has 2 heterocycles. The van der Waals surface area contributed by atoms with E-state index in [0.29, 0.717) is 6.54 Å². The maximum absolute atomic E-state index is 12.7. The molecule has 1 aromatic carbocycles. The van der Waals surface area contributed by atoms with Crippen molar-refractivity contribution in [2.45, 2.75) is 31.6 Å². The molecule has 158 valence electrons. The number of nitrogens with zero attached hydrogens (tertiary/aromatic N) is 5. The lowest BCUT2D eigenvalue weighted by atomic mass is 10.0. The summed E-state index contributed by atoms with van der Waals surface area (Å²) in [6.07, 6.45) is -1.07. The first-order valence-corrected chi connectivity index (χ1v) is 9.44. The van der Waals surface area contributed by atoms with Crippen LogP contribution in [0.5, 0.6) is 0 Å². The summed E-state index contributed by atoms with van der Waals surface area (Å²) in [5.74, 6) is -0.287. The van der Waals surface area contributed by atoms with Crippen LogP contribution in [0.2, 0.25) is 0 Å². The van der Waals surface area contributed by atoms with Gasteiger partial charge in [0.05, 0.1) is 24.4 Å². The van der Waals surface area contributed by atoms with Gasteiger partial charge in [0, 0.05) is 33.2 Å². The predicted octanol–water partition coefficient (Wildman–Crippen LogP) is 2.20. The van der Waals surface area contributed by atoms with Crippen molar-refractivity contribution in [3.05, 3.63) is 47.3 Å². The largest absolute Gasteiger partial charge is 0.416 e. The van der Waals surface area contributed by atoms with Crippen molar-refractivity contribution in [3.8, 4) is 0 Å². The number of hydrogen-bond acceptors (Lipinski definition) is 5. The van der Waals surface area contributed by atoms with Crippen molar-refractivity contribution in [1.82, 2.24) is 24.8 Å². The summed E-state index contributed by atoms with van der Waals surface area (Å²) in [5, 5.41) is 17.0. The summed E-state index contributed by atoms with van der Waals surface area (Å²) in [4.78, 5) is 15.8. The molecule has 0 radical (unpaired) electrons. The first-order chi connectivity index (χ1) is 13.8. The third kappa shape index (κ3) is 5.33. The zero-order chi connectivity index (χ0) is 21.0. The molecule has 3 rings (SSSR count). The predicted molar refractivity (Wildman–Crippen MR) is 99.1 cm³/mol. The number of likely N-dealkylation sites (tertiary alicyclic amines) is 1. The lowest BCUT2D eigenvalue weighted by Crippen LogP contribution is -2.34. The number of rotatable bonds is 6. The van der Waals surface area contributed by atoms with Gasteiger partial charge in [-0.3, -0.25) is 9.69 Å². The summed E-state index contributed by atoms with van der Waals surface area (Å²) in [5.41, 5.74) is 0.450. The number of hydrogen-bond donors (Lipinski definition) is 1. The molecule has 1 aromatic heterocycles. The molecule has 1 fully saturated rings. The second-order valence-electron chi connectivity index (χ2n) is 7.24. The Morgan fingerprint density at radius 3 is 2.48 bits per heavy atom. The number of amides is 1. The number of benzene rings is 1. The Bertz CT molecular complexity index is 814. The van der Waals surface area contributed by atoms with E-state index in [1.807, 2.05) is 0 Å². The molecule has 0 aliphatic carbocycles. The van der Waals surface area contributed by atoms with E-state index in [0.717, 1.165) is 43.6 Å². The maximum Gasteiger partial charge on any atom is 0.416 e. The topological polar surface area (TPSA) is 74.5 Å². The van der Waals surface area contributed by atoms with Gasteiger partial charge in [0.1, 0.15) is 0 Å². The normalized spacial score (nSPS) is 16.2. The highest BCUT2D eigenvalue weighted by Gasteiger charge is 2.30. The fraction of sp³-hybridized carbons (Fsp3) is 0.526. The Kier molecular flexibility index (Phi) is 6.53. The van der Waals surface area contributed by atoms with Gasteiger partial charge >= 0.3 is 6.18 Å². The molecule has 0 bridgehead atoms. The van der Waals surface area contributed by atoms with Crippen LogP contribution in [-0.4, -0.2) is 69.1 Å². The fourth-order valence-electron chi connectivity index (χ4n) is 3.40. The fourth-order valence-corrected chi connectivity index (χ4v) is 3.40. The van der Waals surface area contributed by atoms with Crippen LogP contribution in [0.1, 0.15) is 40.5 Å². The molecule has 1 aliphatic rings. The number of aliphatic hydroxyl groups is 1. The summed E-state index contributed by atoms with van der Waals surface area (Å²) in [6, 6.07) is 5.39. The highest BCUT2D eigenvalue weighted by Crippen LogP contribution is 2.29. The minimum Gasteiger partial charge on any atom is -0.395 e. The van der Waals surface area contributed by atoms with E-state index in [1.54, 1.807) is 17.9 Å². The highest BCUT2D eigenvalue weighted by molar-refractivity contribution is 5.91. The average Bonchev–Trinajstić information content (AvgIpc) is 3.18. The van der Waals surface area contributed by atoms with Crippen LogP contribution in [0, 0.1) is 0 Å². The Balaban J connectivity index is 1.52. The monoisotopic (exact) mass is 411 g/mol. The molecular weight excluding hydrogens is 387 g/mol. The molecule has 0 atom stereocenters. The van der Waals surface area contributed by atoms with Crippen LogP contribution in [-0.2, 0) is 12.7 Å². The van der Waals surface area contributed by atoms with E-state index in [4.69, 9.17) is 5.11 Å². The number of carbonyl (C=O) groups is 1. The van der Waals surface area contributed by atoms with Gasteiger partial charge in [-0.05, 0) is 30.5 Å². The number of aromatic nitrogens is 3. The van der Waals surface area contributed by atoms with Crippen molar-refractivity contribution in [2.24, 2.45) is 0 Å². The lowest BCUT2D eigenvalue weighted by Gasteiger charge is -2.31. The van der Waals surface area contributed by atoms with E-state index in [-0.39, 0.29) is 30.8 Å². The first-order valence-electron chi connectivity index (χ1n) is 9.44. The third-order valence-corrected chi connectivity index (χ3v) is 5.13. The van der Waals surface area contributed by atoms with E-state index in [1.165, 1.54) is 17.0 Å². The van der Waals surface area contributed by atoms with Gasteiger partial charge in [0.2, 0.25) is 0 Å². The van der Waals surface area contributed by atoms with Gasteiger partial charge < -0.3 is 10.0 Å². The van der Waals surface area contributed by atoms with Crippen molar-refractivity contribution in [1.29, 1.82) is 0 Å². The lowest BCUT2D eigenvalue weighted by molar-refractivity contribution is -0.137. The van der Waals surface area contributed by atoms with Crippen molar-refractivity contribution >= 4 is 5.91 Å². The van der Waals surface area contributed by atoms with Gasteiger partial charge in [0.25, 0.3) is 5.91 Å². The number of likely N-dealkylation sites (N-methyl/N-ethyl adjacent to an activating group) is 1. The Labute approximate surface area is 166 Å². The third-order valence-electron chi connectivity index (χ3n) is 5.13. The maximum atomic E-state index is 12.7. The molecule has 29 heavy (non-hydrogen) atoms. The number of aliphatic hydroxyl groups excluding tert-OH is 1. The van der Waals surface area contributed by atoms with Gasteiger partial charge in [-0.1, -0.05) is 17.3 Å². The molecule has 0 saturated carbocycles. The zero-order valence-electron chi connectivity index (χ0n) is 16.1. The van der Waals surface area contributed by atoms with Crippen LogP contribution in [0.3, 0.4) is 0 Å². The number of alkyl halides is 3. The Hall–Kier alpha value is -2.46. The van der Waals surface area contributed by atoms with Crippen LogP contribution in [0.4, 0.5) is 13.2 Å². The van der Waals surface area contributed by atoms with Gasteiger partial charge in [-0.15, -0.1) is 5.10 Å².